The van der Waals surface area contributed by atoms with E-state index in [4.69, 9.17) is 10.5 Å². The summed E-state index contributed by atoms with van der Waals surface area (Å²) in [7, 11) is 1.56. The third kappa shape index (κ3) is 3.07. The van der Waals surface area contributed by atoms with Crippen molar-refractivity contribution in [1.29, 1.82) is 0 Å². The number of hydrogen-bond donors (Lipinski definition) is 1. The Labute approximate surface area is 138 Å². The minimum Gasteiger partial charge on any atom is -0.495 e. The highest BCUT2D eigenvalue weighted by molar-refractivity contribution is 7.17. The zero-order chi connectivity index (χ0) is 16.4. The Balaban J connectivity index is 1.86. The van der Waals surface area contributed by atoms with Crippen LogP contribution < -0.4 is 10.5 Å². The van der Waals surface area contributed by atoms with Gasteiger partial charge in [-0.3, -0.25) is 9.59 Å². The van der Waals surface area contributed by atoms with Crippen LogP contribution in [0.1, 0.15) is 16.1 Å². The fourth-order valence-electron chi connectivity index (χ4n) is 2.74. The fourth-order valence-corrected chi connectivity index (χ4v) is 3.84. The van der Waals surface area contributed by atoms with Crippen LogP contribution in [0.25, 0.3) is 10.4 Å². The molecule has 3 rings (SSSR count). The summed E-state index contributed by atoms with van der Waals surface area (Å²) in [5, 5.41) is 0. The van der Waals surface area contributed by atoms with Crippen molar-refractivity contribution in [1.82, 2.24) is 4.90 Å². The first-order valence-corrected chi connectivity index (χ1v) is 8.23. The average Bonchev–Trinajstić information content (AvgIpc) is 3.22. The summed E-state index contributed by atoms with van der Waals surface area (Å²) < 4.78 is 5.37. The van der Waals surface area contributed by atoms with Gasteiger partial charge in [0.05, 0.1) is 13.0 Å². The van der Waals surface area contributed by atoms with Crippen LogP contribution in [0.3, 0.4) is 0 Å². The van der Waals surface area contributed by atoms with Gasteiger partial charge in [-0.25, -0.2) is 0 Å². The Kier molecular flexibility index (Phi) is 4.34. The normalized spacial score (nSPS) is 17.3. The number of thiophene rings is 1. The van der Waals surface area contributed by atoms with Crippen LogP contribution in [0, 0.1) is 5.92 Å². The van der Waals surface area contributed by atoms with E-state index >= 15 is 0 Å². The van der Waals surface area contributed by atoms with Crippen LogP contribution in [-0.2, 0) is 4.79 Å². The van der Waals surface area contributed by atoms with E-state index in [2.05, 4.69) is 0 Å². The van der Waals surface area contributed by atoms with Crippen molar-refractivity contribution >= 4 is 23.2 Å². The van der Waals surface area contributed by atoms with Gasteiger partial charge in [-0.2, -0.15) is 0 Å². The number of likely N-dealkylation sites (tertiary alicyclic amines) is 1. The second kappa shape index (κ2) is 6.42. The highest BCUT2D eigenvalue weighted by atomic mass is 32.1. The van der Waals surface area contributed by atoms with Gasteiger partial charge >= 0.3 is 0 Å². The maximum absolute atomic E-state index is 12.7. The van der Waals surface area contributed by atoms with Crippen LogP contribution >= 0.6 is 11.3 Å². The van der Waals surface area contributed by atoms with Crippen LogP contribution in [-0.4, -0.2) is 36.9 Å². The first kappa shape index (κ1) is 15.6. The fraction of sp³-hybridized carbons (Fsp3) is 0.294. The van der Waals surface area contributed by atoms with E-state index in [-0.39, 0.29) is 17.7 Å². The number of benzene rings is 1. The number of carbonyl (C=O) groups is 2. The smallest absolute Gasteiger partial charge is 0.267 e. The number of hydrogen-bond acceptors (Lipinski definition) is 4. The van der Waals surface area contributed by atoms with Gasteiger partial charge in [0.15, 0.2) is 0 Å². The molecule has 0 aliphatic carbocycles. The molecule has 1 aliphatic rings. The topological polar surface area (TPSA) is 72.6 Å². The zero-order valence-electron chi connectivity index (χ0n) is 12.8. The van der Waals surface area contributed by atoms with E-state index in [0.717, 1.165) is 10.4 Å². The van der Waals surface area contributed by atoms with E-state index in [1.807, 2.05) is 36.4 Å². The number of ether oxygens (including phenoxy) is 1. The molecule has 0 saturated carbocycles. The molecule has 1 aliphatic heterocycles. The molecular formula is C17H18N2O3S. The molecule has 6 heteroatoms. The lowest BCUT2D eigenvalue weighted by molar-refractivity contribution is -0.121. The van der Waals surface area contributed by atoms with Crippen molar-refractivity contribution in [2.24, 2.45) is 11.7 Å². The summed E-state index contributed by atoms with van der Waals surface area (Å²) >= 11 is 1.41. The quantitative estimate of drug-likeness (QED) is 0.935. The Hall–Kier alpha value is -2.34. The second-order valence-corrected chi connectivity index (χ2v) is 6.57. The lowest BCUT2D eigenvalue weighted by atomic mass is 10.1. The maximum atomic E-state index is 12.7. The molecule has 1 aromatic heterocycles. The molecule has 1 aromatic carbocycles. The number of amides is 2. The van der Waals surface area contributed by atoms with E-state index in [9.17, 15) is 9.59 Å². The van der Waals surface area contributed by atoms with Crippen molar-refractivity contribution in [3.63, 3.8) is 0 Å². The number of primary amides is 1. The molecule has 23 heavy (non-hydrogen) atoms. The van der Waals surface area contributed by atoms with Crippen molar-refractivity contribution in [2.75, 3.05) is 20.2 Å². The van der Waals surface area contributed by atoms with E-state index in [0.29, 0.717) is 30.1 Å². The van der Waals surface area contributed by atoms with Gasteiger partial charge < -0.3 is 15.4 Å². The van der Waals surface area contributed by atoms with Gasteiger partial charge in [-0.1, -0.05) is 30.3 Å². The number of carbonyl (C=O) groups excluding carboxylic acids is 2. The zero-order valence-corrected chi connectivity index (χ0v) is 13.6. The number of rotatable bonds is 4. The molecule has 2 amide bonds. The van der Waals surface area contributed by atoms with Gasteiger partial charge in [0.1, 0.15) is 10.6 Å². The summed E-state index contributed by atoms with van der Waals surface area (Å²) in [5.41, 5.74) is 6.38. The van der Waals surface area contributed by atoms with Gasteiger partial charge in [0, 0.05) is 18.0 Å². The number of nitrogens with two attached hydrogens (primary N) is 1. The molecule has 1 fully saturated rings. The van der Waals surface area contributed by atoms with Crippen molar-refractivity contribution in [2.45, 2.75) is 6.42 Å². The van der Waals surface area contributed by atoms with Crippen molar-refractivity contribution in [3.05, 3.63) is 41.3 Å². The first-order valence-electron chi connectivity index (χ1n) is 7.42. The number of methoxy groups -OCH3 is 1. The third-order valence-electron chi connectivity index (χ3n) is 4.05. The Morgan fingerprint density at radius 1 is 1.30 bits per heavy atom. The highest BCUT2D eigenvalue weighted by Crippen LogP contribution is 2.37. The maximum Gasteiger partial charge on any atom is 0.267 e. The van der Waals surface area contributed by atoms with Crippen molar-refractivity contribution < 1.29 is 14.3 Å². The Bertz CT molecular complexity index is 727. The SMILES string of the molecule is COc1cc(-c2ccccc2)sc1C(=O)N1CC[C@@H](C(N)=O)C1. The van der Waals surface area contributed by atoms with E-state index in [1.165, 1.54) is 11.3 Å². The summed E-state index contributed by atoms with van der Waals surface area (Å²) in [6.07, 6.45) is 0.625. The standard InChI is InChI=1S/C17H18N2O3S/c1-22-13-9-14(11-5-3-2-4-6-11)23-15(13)17(21)19-8-7-12(10-19)16(18)20/h2-6,9,12H,7-8,10H2,1H3,(H2,18,20)/t12-/m1/s1. The largest absolute Gasteiger partial charge is 0.495 e. The first-order chi connectivity index (χ1) is 11.1. The molecule has 1 saturated heterocycles. The lowest BCUT2D eigenvalue weighted by Crippen LogP contribution is -2.31. The van der Waals surface area contributed by atoms with Crippen LogP contribution in [0.4, 0.5) is 0 Å². The minimum atomic E-state index is -0.344. The van der Waals surface area contributed by atoms with E-state index in [1.54, 1.807) is 12.0 Å². The molecule has 0 spiro atoms. The molecule has 5 nitrogen and oxygen atoms in total. The molecule has 2 N–H and O–H groups in total. The Morgan fingerprint density at radius 3 is 2.65 bits per heavy atom. The van der Waals surface area contributed by atoms with Crippen LogP contribution in [0.15, 0.2) is 36.4 Å². The molecule has 0 radical (unpaired) electrons. The summed E-state index contributed by atoms with van der Waals surface area (Å²) in [6.45, 7) is 0.935. The molecule has 2 heterocycles. The minimum absolute atomic E-state index is 0.0993. The second-order valence-electron chi connectivity index (χ2n) is 5.51. The number of nitrogens with zero attached hydrogens (tertiary/aromatic N) is 1. The molecular weight excluding hydrogens is 312 g/mol. The monoisotopic (exact) mass is 330 g/mol. The summed E-state index contributed by atoms with van der Waals surface area (Å²) in [6, 6.07) is 11.8. The molecule has 1 atom stereocenters. The molecule has 120 valence electrons. The average molecular weight is 330 g/mol. The highest BCUT2D eigenvalue weighted by Gasteiger charge is 2.32. The van der Waals surface area contributed by atoms with Gasteiger partial charge in [0.25, 0.3) is 5.91 Å². The summed E-state index contributed by atoms with van der Waals surface area (Å²) in [4.78, 5) is 27.3. The predicted octanol–water partition coefficient (Wildman–Crippen LogP) is 2.37. The molecule has 0 bridgehead atoms. The molecule has 2 aromatic rings. The Morgan fingerprint density at radius 2 is 2.04 bits per heavy atom. The third-order valence-corrected chi connectivity index (χ3v) is 5.20. The van der Waals surface area contributed by atoms with Crippen LogP contribution in [0.2, 0.25) is 0 Å². The predicted molar refractivity (Wildman–Crippen MR) is 89.5 cm³/mol. The molecule has 0 unspecified atom stereocenters. The van der Waals surface area contributed by atoms with Crippen LogP contribution in [0.5, 0.6) is 5.75 Å². The van der Waals surface area contributed by atoms with Gasteiger partial charge in [0.2, 0.25) is 5.91 Å². The van der Waals surface area contributed by atoms with Crippen molar-refractivity contribution in [3.8, 4) is 16.2 Å². The van der Waals surface area contributed by atoms with Gasteiger partial charge in [-0.05, 0) is 18.1 Å². The van der Waals surface area contributed by atoms with Gasteiger partial charge in [-0.15, -0.1) is 11.3 Å². The van der Waals surface area contributed by atoms with E-state index < -0.39 is 0 Å². The summed E-state index contributed by atoms with van der Waals surface area (Å²) in [5.74, 6) is -0.124. The lowest BCUT2D eigenvalue weighted by Gasteiger charge is -2.15.